The molecule has 3 rings (SSSR count). The number of hydrogen-bond donors (Lipinski definition) is 1. The van der Waals surface area contributed by atoms with Crippen LogP contribution in [0, 0.1) is 6.92 Å². The molecule has 2 amide bonds. The second-order valence-corrected chi connectivity index (χ2v) is 6.93. The van der Waals surface area contributed by atoms with Gasteiger partial charge in [-0.05, 0) is 44.4 Å². The third-order valence-electron chi connectivity index (χ3n) is 4.18. The Bertz CT molecular complexity index is 684. The van der Waals surface area contributed by atoms with Crippen LogP contribution in [0.3, 0.4) is 0 Å². The van der Waals surface area contributed by atoms with Crippen LogP contribution in [-0.4, -0.2) is 29.1 Å². The maximum atomic E-state index is 12.5. The van der Waals surface area contributed by atoms with Gasteiger partial charge in [-0.3, -0.25) is 0 Å². The molecule has 2 aromatic rings. The van der Waals surface area contributed by atoms with Crippen molar-refractivity contribution in [1.29, 1.82) is 0 Å². The average Bonchev–Trinajstić information content (AvgIpc) is 3.23. The molecule has 1 saturated heterocycles. The van der Waals surface area contributed by atoms with Crippen molar-refractivity contribution >= 4 is 17.4 Å². The van der Waals surface area contributed by atoms with Crippen molar-refractivity contribution < 1.29 is 9.53 Å². The molecule has 0 saturated carbocycles. The molecule has 0 radical (unpaired) electrons. The molecule has 6 heteroatoms. The monoisotopic (exact) mass is 345 g/mol. The molecule has 1 atom stereocenters. The zero-order valence-electron chi connectivity index (χ0n) is 14.1. The van der Waals surface area contributed by atoms with Gasteiger partial charge >= 0.3 is 6.03 Å². The van der Waals surface area contributed by atoms with Crippen molar-refractivity contribution in [3.05, 3.63) is 45.9 Å². The Morgan fingerprint density at radius 3 is 2.88 bits per heavy atom. The number of likely N-dealkylation sites (tertiary alicyclic amines) is 1. The zero-order valence-corrected chi connectivity index (χ0v) is 14.9. The van der Waals surface area contributed by atoms with Crippen molar-refractivity contribution in [2.45, 2.75) is 39.3 Å². The lowest BCUT2D eigenvalue weighted by atomic mass is 10.0. The number of carbonyl (C=O) groups is 1. The number of urea groups is 1. The summed E-state index contributed by atoms with van der Waals surface area (Å²) in [5.41, 5.74) is 2.08. The quantitative estimate of drug-likeness (QED) is 0.894. The molecule has 128 valence electrons. The number of nitrogens with one attached hydrogen (secondary N) is 1. The molecule has 0 aliphatic carbocycles. The van der Waals surface area contributed by atoms with Crippen LogP contribution in [0.2, 0.25) is 0 Å². The summed E-state index contributed by atoms with van der Waals surface area (Å²) < 4.78 is 5.49. The van der Waals surface area contributed by atoms with Crippen LogP contribution < -0.4 is 10.1 Å². The first-order valence-corrected chi connectivity index (χ1v) is 9.23. The largest absolute Gasteiger partial charge is 0.494 e. The summed E-state index contributed by atoms with van der Waals surface area (Å²) in [6.07, 6.45) is 2.03. The minimum atomic E-state index is -0.0166. The fraction of sp³-hybridized carbons (Fsp3) is 0.444. The van der Waals surface area contributed by atoms with Gasteiger partial charge in [0.15, 0.2) is 0 Å². The van der Waals surface area contributed by atoms with E-state index in [4.69, 9.17) is 4.74 Å². The number of aromatic nitrogens is 1. The van der Waals surface area contributed by atoms with E-state index in [1.54, 1.807) is 11.3 Å². The van der Waals surface area contributed by atoms with Crippen LogP contribution in [0.25, 0.3) is 0 Å². The summed E-state index contributed by atoms with van der Waals surface area (Å²) in [6, 6.07) is 8.20. The molecule has 0 bridgehead atoms. The molecular formula is C18H23N3O2S. The minimum absolute atomic E-state index is 0.0166. The first-order valence-electron chi connectivity index (χ1n) is 8.35. The topological polar surface area (TPSA) is 54.5 Å². The second kappa shape index (κ2) is 7.66. The third kappa shape index (κ3) is 3.87. The Kier molecular flexibility index (Phi) is 5.35. The smallest absolute Gasteiger partial charge is 0.318 e. The van der Waals surface area contributed by atoms with Crippen molar-refractivity contribution in [2.24, 2.45) is 0 Å². The lowest BCUT2D eigenvalue weighted by Crippen LogP contribution is -2.39. The fourth-order valence-electron chi connectivity index (χ4n) is 3.07. The number of amides is 2. The Hall–Kier alpha value is -2.08. The number of hydrogen-bond acceptors (Lipinski definition) is 4. The van der Waals surface area contributed by atoms with E-state index in [1.807, 2.05) is 36.3 Å². The highest BCUT2D eigenvalue weighted by molar-refractivity contribution is 7.09. The summed E-state index contributed by atoms with van der Waals surface area (Å²) in [4.78, 5) is 18.9. The number of carbonyl (C=O) groups excluding carboxylic acids is 1. The number of ether oxygens (including phenoxy) is 1. The van der Waals surface area contributed by atoms with Crippen molar-refractivity contribution in [3.63, 3.8) is 0 Å². The van der Waals surface area contributed by atoms with E-state index in [9.17, 15) is 4.79 Å². The highest BCUT2D eigenvalue weighted by Crippen LogP contribution is 2.32. The molecule has 1 aliphatic rings. The van der Waals surface area contributed by atoms with Gasteiger partial charge in [0.25, 0.3) is 0 Å². The fourth-order valence-corrected chi connectivity index (χ4v) is 3.68. The molecule has 1 unspecified atom stereocenters. The van der Waals surface area contributed by atoms with Gasteiger partial charge < -0.3 is 15.0 Å². The molecule has 0 spiro atoms. The lowest BCUT2D eigenvalue weighted by molar-refractivity contribution is 0.192. The molecular weight excluding hydrogens is 322 g/mol. The Morgan fingerprint density at radius 2 is 2.21 bits per heavy atom. The first-order chi connectivity index (χ1) is 11.7. The number of aryl methyl sites for hydroxylation is 1. The molecule has 1 aromatic heterocycles. The molecule has 5 nitrogen and oxygen atoms in total. The summed E-state index contributed by atoms with van der Waals surface area (Å²) in [7, 11) is 0. The van der Waals surface area contributed by atoms with Gasteiger partial charge in [0.2, 0.25) is 0 Å². The highest BCUT2D eigenvalue weighted by Gasteiger charge is 2.29. The standard InChI is InChI=1S/C18H23N3O2S/c1-3-23-16-8-6-14(7-9-16)17-5-4-10-21(17)18(22)19-11-15-12-24-13(2)20-15/h6-9,12,17H,3-5,10-11H2,1-2H3,(H,19,22). The van der Waals surface area contributed by atoms with Crippen molar-refractivity contribution in [2.75, 3.05) is 13.2 Å². The molecule has 2 heterocycles. The van der Waals surface area contributed by atoms with E-state index in [1.165, 1.54) is 0 Å². The number of benzene rings is 1. The Morgan fingerprint density at radius 1 is 1.42 bits per heavy atom. The van der Waals surface area contributed by atoms with Gasteiger partial charge in [0.1, 0.15) is 5.75 Å². The average molecular weight is 345 g/mol. The predicted octanol–water partition coefficient (Wildman–Crippen LogP) is 3.90. The molecule has 1 aromatic carbocycles. The summed E-state index contributed by atoms with van der Waals surface area (Å²) in [5, 5.41) is 6.00. The summed E-state index contributed by atoms with van der Waals surface area (Å²) in [5.74, 6) is 0.870. The summed E-state index contributed by atoms with van der Waals surface area (Å²) >= 11 is 1.60. The van der Waals surface area contributed by atoms with Crippen molar-refractivity contribution in [1.82, 2.24) is 15.2 Å². The lowest BCUT2D eigenvalue weighted by Gasteiger charge is -2.25. The van der Waals surface area contributed by atoms with Crippen molar-refractivity contribution in [3.8, 4) is 5.75 Å². The van der Waals surface area contributed by atoms with Gasteiger partial charge in [0.05, 0.1) is 29.9 Å². The first kappa shape index (κ1) is 16.8. The van der Waals surface area contributed by atoms with Crippen LogP contribution >= 0.6 is 11.3 Å². The normalized spacial score (nSPS) is 17.1. The molecule has 1 N–H and O–H groups in total. The maximum absolute atomic E-state index is 12.5. The predicted molar refractivity (Wildman–Crippen MR) is 95.4 cm³/mol. The SMILES string of the molecule is CCOc1ccc(C2CCCN2C(=O)NCc2csc(C)n2)cc1. The number of thiazole rings is 1. The van der Waals surface area contributed by atoms with Gasteiger partial charge in [-0.2, -0.15) is 0 Å². The maximum Gasteiger partial charge on any atom is 0.318 e. The second-order valence-electron chi connectivity index (χ2n) is 5.87. The molecule has 1 aliphatic heterocycles. The third-order valence-corrected chi connectivity index (χ3v) is 5.00. The van der Waals surface area contributed by atoms with Gasteiger partial charge in [-0.1, -0.05) is 12.1 Å². The van der Waals surface area contributed by atoms with E-state index in [0.717, 1.165) is 41.4 Å². The van der Waals surface area contributed by atoms with E-state index < -0.39 is 0 Å². The molecule has 1 fully saturated rings. The van der Waals surface area contributed by atoms with E-state index in [-0.39, 0.29) is 12.1 Å². The minimum Gasteiger partial charge on any atom is -0.494 e. The van der Waals surface area contributed by atoms with E-state index >= 15 is 0 Å². The number of rotatable bonds is 5. The van der Waals surface area contributed by atoms with Crippen LogP contribution in [0.15, 0.2) is 29.6 Å². The van der Waals surface area contributed by atoms with Gasteiger partial charge in [-0.25, -0.2) is 9.78 Å². The summed E-state index contributed by atoms with van der Waals surface area (Å²) in [6.45, 7) is 5.88. The highest BCUT2D eigenvalue weighted by atomic mass is 32.1. The van der Waals surface area contributed by atoms with E-state index in [0.29, 0.717) is 13.2 Å². The zero-order chi connectivity index (χ0) is 16.9. The number of nitrogens with zero attached hydrogens (tertiary/aromatic N) is 2. The van der Waals surface area contributed by atoms with Crippen LogP contribution in [0.1, 0.15) is 42.1 Å². The Balaban J connectivity index is 1.62. The van der Waals surface area contributed by atoms with Crippen LogP contribution in [0.4, 0.5) is 4.79 Å². The Labute approximate surface area is 146 Å². The van der Waals surface area contributed by atoms with Crippen LogP contribution in [0.5, 0.6) is 5.75 Å². The molecule has 24 heavy (non-hydrogen) atoms. The van der Waals surface area contributed by atoms with E-state index in [2.05, 4.69) is 22.4 Å². The van der Waals surface area contributed by atoms with Crippen LogP contribution in [-0.2, 0) is 6.54 Å². The van der Waals surface area contributed by atoms with Gasteiger partial charge in [0, 0.05) is 11.9 Å². The van der Waals surface area contributed by atoms with Gasteiger partial charge in [-0.15, -0.1) is 11.3 Å².